The smallest absolute Gasteiger partial charge is 0.328 e. The van der Waals surface area contributed by atoms with Crippen LogP contribution in [-0.2, 0) is 20.7 Å². The number of hydrogen-bond donors (Lipinski definition) is 3. The van der Waals surface area contributed by atoms with Crippen molar-refractivity contribution in [3.8, 4) is 0 Å². The maximum absolute atomic E-state index is 13.2. The van der Waals surface area contributed by atoms with E-state index in [2.05, 4.69) is 15.3 Å². The van der Waals surface area contributed by atoms with Gasteiger partial charge in [0.2, 0.25) is 5.90 Å². The van der Waals surface area contributed by atoms with Gasteiger partial charge in [0.25, 0.3) is 5.91 Å². The fraction of sp³-hybridized carbons (Fsp3) is 0.320. The van der Waals surface area contributed by atoms with Gasteiger partial charge in [-0.2, -0.15) is 0 Å². The van der Waals surface area contributed by atoms with Gasteiger partial charge >= 0.3 is 5.97 Å². The fourth-order valence-corrected chi connectivity index (χ4v) is 3.52. The highest BCUT2D eigenvalue weighted by molar-refractivity contribution is 6.02. The van der Waals surface area contributed by atoms with Crippen molar-refractivity contribution in [2.45, 2.75) is 32.4 Å². The summed E-state index contributed by atoms with van der Waals surface area (Å²) in [6.45, 7) is 3.92. The number of benzene rings is 2. The predicted molar refractivity (Wildman–Crippen MR) is 129 cm³/mol. The number of amides is 1. The third-order valence-electron chi connectivity index (χ3n) is 5.48. The highest BCUT2D eigenvalue weighted by Gasteiger charge is 2.25. The first kappa shape index (κ1) is 24.0. The van der Waals surface area contributed by atoms with E-state index in [-0.39, 0.29) is 12.3 Å². The number of aromatic nitrogens is 1. The first-order valence-corrected chi connectivity index (χ1v) is 10.8. The molecule has 33 heavy (non-hydrogen) atoms. The standard InChI is InChI=1S/C25H30N4O4/c1-15(2)22(26)24(32-3)29-20-12-8-6-10-18(20)23(30)28-21(25(31)33-4)13-16-14-27-19-11-7-5-9-17(16)19/h5-12,14-15,21-22,27H,13,26H2,1-4H3,(H,28,30)/t21-,22+/m1/s1. The Balaban J connectivity index is 1.88. The van der Waals surface area contributed by atoms with E-state index in [1.54, 1.807) is 24.3 Å². The molecule has 3 rings (SSSR count). The van der Waals surface area contributed by atoms with Crippen molar-refractivity contribution >= 4 is 34.4 Å². The molecule has 174 valence electrons. The molecule has 2 aromatic carbocycles. The minimum absolute atomic E-state index is 0.101. The van der Waals surface area contributed by atoms with Crippen LogP contribution in [0, 0.1) is 5.92 Å². The summed E-state index contributed by atoms with van der Waals surface area (Å²) < 4.78 is 10.3. The van der Waals surface area contributed by atoms with Gasteiger partial charge in [-0.05, 0) is 29.7 Å². The van der Waals surface area contributed by atoms with Crippen LogP contribution in [0.3, 0.4) is 0 Å². The second-order valence-electron chi connectivity index (χ2n) is 8.05. The first-order valence-electron chi connectivity index (χ1n) is 10.8. The van der Waals surface area contributed by atoms with Crippen molar-refractivity contribution in [3.05, 3.63) is 65.9 Å². The molecular formula is C25H30N4O4. The van der Waals surface area contributed by atoms with Gasteiger partial charge in [-0.15, -0.1) is 0 Å². The lowest BCUT2D eigenvalue weighted by molar-refractivity contribution is -0.142. The Labute approximate surface area is 193 Å². The van der Waals surface area contributed by atoms with Crippen molar-refractivity contribution in [1.29, 1.82) is 0 Å². The highest BCUT2D eigenvalue weighted by atomic mass is 16.5. The van der Waals surface area contributed by atoms with E-state index in [4.69, 9.17) is 15.2 Å². The van der Waals surface area contributed by atoms with E-state index in [0.717, 1.165) is 16.5 Å². The van der Waals surface area contributed by atoms with Gasteiger partial charge in [0.05, 0.1) is 31.5 Å². The van der Waals surface area contributed by atoms with E-state index < -0.39 is 24.0 Å². The number of nitrogens with zero attached hydrogens (tertiary/aromatic N) is 1. The molecule has 0 saturated heterocycles. The minimum atomic E-state index is -0.876. The van der Waals surface area contributed by atoms with Gasteiger partial charge in [-0.1, -0.05) is 44.2 Å². The minimum Gasteiger partial charge on any atom is -0.483 e. The van der Waals surface area contributed by atoms with Crippen molar-refractivity contribution in [1.82, 2.24) is 10.3 Å². The molecule has 0 aliphatic heterocycles. The number of aromatic amines is 1. The number of fused-ring (bicyclic) bond motifs is 1. The molecule has 2 atom stereocenters. The second-order valence-corrected chi connectivity index (χ2v) is 8.05. The molecule has 0 unspecified atom stereocenters. The molecule has 0 aliphatic carbocycles. The average molecular weight is 451 g/mol. The Morgan fingerprint density at radius 2 is 1.76 bits per heavy atom. The monoisotopic (exact) mass is 450 g/mol. The summed E-state index contributed by atoms with van der Waals surface area (Å²) in [5, 5.41) is 3.79. The Morgan fingerprint density at radius 1 is 1.06 bits per heavy atom. The van der Waals surface area contributed by atoms with Gasteiger partial charge in [0, 0.05) is 23.5 Å². The topological polar surface area (TPSA) is 119 Å². The van der Waals surface area contributed by atoms with E-state index >= 15 is 0 Å². The molecule has 1 amide bonds. The molecule has 1 aromatic heterocycles. The Kier molecular flexibility index (Phi) is 7.84. The van der Waals surface area contributed by atoms with Crippen LogP contribution in [0.15, 0.2) is 59.7 Å². The molecule has 0 radical (unpaired) electrons. The number of aliphatic imine (C=N–C) groups is 1. The van der Waals surface area contributed by atoms with Gasteiger partial charge < -0.3 is 25.5 Å². The zero-order chi connectivity index (χ0) is 24.0. The van der Waals surface area contributed by atoms with Crippen molar-refractivity contribution in [2.24, 2.45) is 16.6 Å². The Bertz CT molecular complexity index is 1150. The van der Waals surface area contributed by atoms with Crippen LogP contribution in [0.5, 0.6) is 0 Å². The second kappa shape index (κ2) is 10.8. The molecule has 1 heterocycles. The van der Waals surface area contributed by atoms with Crippen LogP contribution < -0.4 is 11.1 Å². The summed E-state index contributed by atoms with van der Waals surface area (Å²) in [6, 6.07) is 13.3. The van der Waals surface area contributed by atoms with Gasteiger partial charge in [-0.3, -0.25) is 4.79 Å². The van der Waals surface area contributed by atoms with Crippen LogP contribution in [0.25, 0.3) is 10.9 Å². The van der Waals surface area contributed by atoms with Gasteiger partial charge in [-0.25, -0.2) is 9.79 Å². The normalized spacial score (nSPS) is 13.6. The zero-order valence-electron chi connectivity index (χ0n) is 19.3. The molecule has 0 spiro atoms. The lowest BCUT2D eigenvalue weighted by Crippen LogP contribution is -2.43. The maximum Gasteiger partial charge on any atom is 0.328 e. The number of methoxy groups -OCH3 is 2. The summed E-state index contributed by atoms with van der Waals surface area (Å²) >= 11 is 0. The number of ether oxygens (including phenoxy) is 2. The van der Waals surface area contributed by atoms with E-state index in [1.807, 2.05) is 44.3 Å². The number of esters is 1. The molecule has 8 nitrogen and oxygen atoms in total. The van der Waals surface area contributed by atoms with Crippen LogP contribution in [0.1, 0.15) is 29.8 Å². The molecule has 0 saturated carbocycles. The lowest BCUT2D eigenvalue weighted by atomic mass is 10.0. The molecule has 4 N–H and O–H groups in total. The van der Waals surface area contributed by atoms with Crippen LogP contribution >= 0.6 is 0 Å². The molecule has 0 bridgehead atoms. The number of nitrogens with two attached hydrogens (primary N) is 1. The van der Waals surface area contributed by atoms with Crippen molar-refractivity contribution < 1.29 is 19.1 Å². The predicted octanol–water partition coefficient (Wildman–Crippen LogP) is 3.34. The number of para-hydroxylation sites is 2. The molecule has 0 fully saturated rings. The molecule has 8 heteroatoms. The van der Waals surface area contributed by atoms with Crippen molar-refractivity contribution in [2.75, 3.05) is 14.2 Å². The summed E-state index contributed by atoms with van der Waals surface area (Å²) in [4.78, 5) is 33.4. The Hall–Kier alpha value is -3.65. The number of carbonyl (C=O) groups excluding carboxylic acids is 2. The van der Waals surface area contributed by atoms with E-state index in [9.17, 15) is 9.59 Å². The molecule has 3 aromatic rings. The van der Waals surface area contributed by atoms with Crippen LogP contribution in [-0.4, -0.2) is 49.1 Å². The SMILES string of the molecule is COC(=O)[C@@H](Cc1c[nH]c2ccccc12)NC(=O)c1ccccc1N=C(OC)[C@@H](N)C(C)C. The van der Waals surface area contributed by atoms with E-state index in [1.165, 1.54) is 14.2 Å². The lowest BCUT2D eigenvalue weighted by Gasteiger charge is -2.19. The fourth-order valence-electron chi connectivity index (χ4n) is 3.52. The average Bonchev–Trinajstić information content (AvgIpc) is 3.24. The molecular weight excluding hydrogens is 420 g/mol. The summed E-state index contributed by atoms with van der Waals surface area (Å²) in [6.07, 6.45) is 2.11. The molecule has 0 aliphatic rings. The third-order valence-corrected chi connectivity index (χ3v) is 5.48. The van der Waals surface area contributed by atoms with Crippen LogP contribution in [0.2, 0.25) is 0 Å². The highest BCUT2D eigenvalue weighted by Crippen LogP contribution is 2.22. The summed E-state index contributed by atoms with van der Waals surface area (Å²) in [5.41, 5.74) is 8.74. The summed E-state index contributed by atoms with van der Waals surface area (Å²) in [7, 11) is 2.80. The number of rotatable bonds is 8. The quantitative estimate of drug-likeness (QED) is 0.276. The summed E-state index contributed by atoms with van der Waals surface area (Å²) in [5.74, 6) is -0.551. The van der Waals surface area contributed by atoms with Gasteiger partial charge in [0.1, 0.15) is 6.04 Å². The maximum atomic E-state index is 13.2. The van der Waals surface area contributed by atoms with E-state index in [0.29, 0.717) is 17.1 Å². The number of H-pyrrole nitrogens is 1. The van der Waals surface area contributed by atoms with Crippen molar-refractivity contribution in [3.63, 3.8) is 0 Å². The third kappa shape index (κ3) is 5.59. The number of hydrogen-bond acceptors (Lipinski definition) is 6. The van der Waals surface area contributed by atoms with Crippen LogP contribution in [0.4, 0.5) is 5.69 Å². The number of carbonyl (C=O) groups is 2. The number of nitrogens with one attached hydrogen (secondary N) is 2. The van der Waals surface area contributed by atoms with Gasteiger partial charge in [0.15, 0.2) is 0 Å². The Morgan fingerprint density at radius 3 is 2.45 bits per heavy atom. The largest absolute Gasteiger partial charge is 0.483 e. The zero-order valence-corrected chi connectivity index (χ0v) is 19.3. The first-order chi connectivity index (χ1) is 15.8.